The van der Waals surface area contributed by atoms with Gasteiger partial charge in [0.15, 0.2) is 5.76 Å². The fourth-order valence-electron chi connectivity index (χ4n) is 2.93. The first-order valence-electron chi connectivity index (χ1n) is 9.17. The summed E-state index contributed by atoms with van der Waals surface area (Å²) < 4.78 is 6.69. The molecule has 30 heavy (non-hydrogen) atoms. The van der Waals surface area contributed by atoms with Gasteiger partial charge in [-0.05, 0) is 29.3 Å². The lowest BCUT2D eigenvalue weighted by Crippen LogP contribution is -2.12. The highest BCUT2D eigenvalue weighted by atomic mass is 16.3. The van der Waals surface area contributed by atoms with Crippen molar-refractivity contribution < 1.29 is 4.42 Å². The minimum atomic E-state index is 0.189. The Bertz CT molecular complexity index is 1290. The monoisotopic (exact) mass is 403 g/mol. The van der Waals surface area contributed by atoms with Gasteiger partial charge in [0.25, 0.3) is 5.78 Å². The van der Waals surface area contributed by atoms with Gasteiger partial charge in [0, 0.05) is 12.1 Å². The van der Waals surface area contributed by atoms with Gasteiger partial charge in [0.1, 0.15) is 0 Å². The van der Waals surface area contributed by atoms with Crippen molar-refractivity contribution in [2.45, 2.75) is 6.42 Å². The van der Waals surface area contributed by atoms with Crippen molar-refractivity contribution in [2.75, 3.05) is 17.6 Å². The number of nitrogen functional groups attached to an aromatic ring is 1. The zero-order valence-electron chi connectivity index (χ0n) is 16.0. The predicted octanol–water partition coefficient (Wildman–Crippen LogP) is 1.21. The molecule has 0 unspecified atom stereocenters. The number of hydrogen-bond donors (Lipinski definition) is 2. The van der Waals surface area contributed by atoms with Crippen molar-refractivity contribution in [3.8, 4) is 23.0 Å². The number of nitrogens with one attached hydrogen (secondary N) is 1. The number of anilines is 2. The van der Waals surface area contributed by atoms with Gasteiger partial charge in [-0.1, -0.05) is 24.3 Å². The second-order valence-corrected chi connectivity index (χ2v) is 6.51. The van der Waals surface area contributed by atoms with Crippen LogP contribution in [-0.4, -0.2) is 51.3 Å². The van der Waals surface area contributed by atoms with Crippen LogP contribution < -0.4 is 11.1 Å². The van der Waals surface area contributed by atoms with E-state index in [9.17, 15) is 0 Å². The minimum Gasteiger partial charge on any atom is -0.461 e. The lowest BCUT2D eigenvalue weighted by Gasteiger charge is -2.06. The molecule has 5 aromatic rings. The Morgan fingerprint density at radius 1 is 1.03 bits per heavy atom. The van der Waals surface area contributed by atoms with Crippen LogP contribution in [0.3, 0.4) is 0 Å². The highest BCUT2D eigenvalue weighted by Gasteiger charge is 2.13. The predicted molar refractivity (Wildman–Crippen MR) is 107 cm³/mol. The summed E-state index contributed by atoms with van der Waals surface area (Å²) >= 11 is 0. The fraction of sp³-hybridized carbons (Fsp3) is 0.167. The van der Waals surface area contributed by atoms with Crippen molar-refractivity contribution in [3.63, 3.8) is 0 Å². The van der Waals surface area contributed by atoms with E-state index in [4.69, 9.17) is 10.2 Å². The van der Waals surface area contributed by atoms with Gasteiger partial charge in [0.05, 0.1) is 13.3 Å². The van der Waals surface area contributed by atoms with E-state index < -0.39 is 0 Å². The van der Waals surface area contributed by atoms with E-state index >= 15 is 0 Å². The van der Waals surface area contributed by atoms with E-state index in [1.807, 2.05) is 24.3 Å². The first kappa shape index (κ1) is 17.7. The highest BCUT2D eigenvalue weighted by molar-refractivity contribution is 5.54. The Morgan fingerprint density at radius 3 is 2.63 bits per heavy atom. The number of aryl methyl sites for hydroxylation is 1. The third kappa shape index (κ3) is 3.41. The molecule has 12 heteroatoms. The van der Waals surface area contributed by atoms with Crippen LogP contribution >= 0.6 is 0 Å². The molecule has 0 aliphatic heterocycles. The number of furan rings is 1. The molecule has 0 atom stereocenters. The Morgan fingerprint density at radius 2 is 1.90 bits per heavy atom. The Balaban J connectivity index is 1.26. The van der Waals surface area contributed by atoms with Crippen molar-refractivity contribution >= 4 is 17.7 Å². The summed E-state index contributed by atoms with van der Waals surface area (Å²) in [6.07, 6.45) is 2.33. The SMILES string of the molecule is Cn1nnc(-c2ccc(CCNc3nc(N)n4nc(-c5ccco5)nc4n3)cc2)n1. The third-order valence-corrected chi connectivity index (χ3v) is 4.39. The van der Waals surface area contributed by atoms with E-state index in [-0.39, 0.29) is 5.95 Å². The smallest absolute Gasteiger partial charge is 0.259 e. The summed E-state index contributed by atoms with van der Waals surface area (Å²) in [5.74, 6) is 2.46. The Labute approximate surface area is 169 Å². The lowest BCUT2D eigenvalue weighted by atomic mass is 10.1. The lowest BCUT2D eigenvalue weighted by molar-refractivity contribution is 0.577. The standard InChI is InChI=1S/C18H17N11O/c1-28-25-14(24-27-28)12-6-4-11(5-7-12)8-9-20-17-22-16(19)29-18(23-17)21-15(26-29)13-3-2-10-30-13/h2-7,10H,8-9H2,1H3,(H3,19,20,21,22,23,26). The number of hydrogen-bond acceptors (Lipinski definition) is 10. The number of rotatable bonds is 6. The molecule has 0 aliphatic rings. The van der Waals surface area contributed by atoms with E-state index in [0.717, 1.165) is 17.5 Å². The maximum absolute atomic E-state index is 6.00. The van der Waals surface area contributed by atoms with Crippen LogP contribution in [0, 0.1) is 0 Å². The summed E-state index contributed by atoms with van der Waals surface area (Å²) in [7, 11) is 1.74. The van der Waals surface area contributed by atoms with Gasteiger partial charge < -0.3 is 15.5 Å². The molecule has 0 spiro atoms. The normalized spacial score (nSPS) is 11.2. The number of nitrogens with zero attached hydrogens (tertiary/aromatic N) is 9. The highest BCUT2D eigenvalue weighted by Crippen LogP contribution is 2.18. The zero-order valence-corrected chi connectivity index (χ0v) is 16.0. The van der Waals surface area contributed by atoms with Gasteiger partial charge in [0.2, 0.25) is 23.5 Å². The Kier molecular flexibility index (Phi) is 4.28. The summed E-state index contributed by atoms with van der Waals surface area (Å²) in [5.41, 5.74) is 8.06. The van der Waals surface area contributed by atoms with Gasteiger partial charge in [-0.2, -0.15) is 24.3 Å². The van der Waals surface area contributed by atoms with Gasteiger partial charge in [-0.25, -0.2) is 0 Å². The van der Waals surface area contributed by atoms with Crippen LogP contribution in [0.2, 0.25) is 0 Å². The second kappa shape index (κ2) is 7.24. The zero-order chi connectivity index (χ0) is 20.5. The molecule has 0 amide bonds. The molecule has 0 aliphatic carbocycles. The second-order valence-electron chi connectivity index (χ2n) is 6.51. The van der Waals surface area contributed by atoms with Crippen molar-refractivity contribution in [2.24, 2.45) is 7.05 Å². The molecule has 0 saturated carbocycles. The molecule has 0 radical (unpaired) electrons. The van der Waals surface area contributed by atoms with Crippen LogP contribution in [0.15, 0.2) is 47.1 Å². The van der Waals surface area contributed by atoms with Gasteiger partial charge in [-0.3, -0.25) is 0 Å². The molecule has 1 aromatic carbocycles. The minimum absolute atomic E-state index is 0.189. The third-order valence-electron chi connectivity index (χ3n) is 4.39. The summed E-state index contributed by atoms with van der Waals surface area (Å²) in [4.78, 5) is 14.4. The average molecular weight is 403 g/mol. The molecular weight excluding hydrogens is 386 g/mol. The van der Waals surface area contributed by atoms with Crippen LogP contribution in [-0.2, 0) is 13.5 Å². The molecule has 5 rings (SSSR count). The van der Waals surface area contributed by atoms with Crippen LogP contribution in [0.1, 0.15) is 5.56 Å². The number of nitrogens with two attached hydrogens (primary N) is 1. The van der Waals surface area contributed by atoms with E-state index in [2.05, 4.69) is 40.8 Å². The van der Waals surface area contributed by atoms with E-state index in [1.54, 1.807) is 25.4 Å². The molecule has 12 nitrogen and oxygen atoms in total. The quantitative estimate of drug-likeness (QED) is 0.423. The molecule has 0 saturated heterocycles. The average Bonchev–Trinajstić information content (AvgIpc) is 3.49. The van der Waals surface area contributed by atoms with Crippen LogP contribution in [0.4, 0.5) is 11.9 Å². The molecule has 4 heterocycles. The topological polar surface area (TPSA) is 151 Å². The van der Waals surface area contributed by atoms with Crippen LogP contribution in [0.25, 0.3) is 28.8 Å². The molecule has 4 aromatic heterocycles. The van der Waals surface area contributed by atoms with Crippen molar-refractivity contribution in [1.29, 1.82) is 0 Å². The number of aromatic nitrogens is 9. The molecule has 0 fully saturated rings. The summed E-state index contributed by atoms with van der Waals surface area (Å²) in [5, 5.41) is 19.5. The number of fused-ring (bicyclic) bond motifs is 1. The van der Waals surface area contributed by atoms with E-state index in [0.29, 0.717) is 35.7 Å². The van der Waals surface area contributed by atoms with E-state index in [1.165, 1.54) is 9.31 Å². The number of tetrazole rings is 1. The summed E-state index contributed by atoms with van der Waals surface area (Å²) in [6, 6.07) is 11.5. The number of benzene rings is 1. The Hall–Kier alpha value is -4.35. The van der Waals surface area contributed by atoms with Crippen molar-refractivity contribution in [3.05, 3.63) is 48.2 Å². The van der Waals surface area contributed by atoms with Crippen molar-refractivity contribution in [1.82, 2.24) is 44.8 Å². The maximum atomic E-state index is 6.00. The first-order chi connectivity index (χ1) is 14.7. The fourth-order valence-corrected chi connectivity index (χ4v) is 2.93. The van der Waals surface area contributed by atoms with Gasteiger partial charge >= 0.3 is 0 Å². The maximum Gasteiger partial charge on any atom is 0.259 e. The largest absolute Gasteiger partial charge is 0.461 e. The molecular formula is C18H17N11O. The molecule has 0 bridgehead atoms. The molecule has 150 valence electrons. The summed E-state index contributed by atoms with van der Waals surface area (Å²) in [6.45, 7) is 0.623. The van der Waals surface area contributed by atoms with Gasteiger partial charge in [-0.15, -0.1) is 15.3 Å². The molecule has 3 N–H and O–H groups in total. The first-order valence-corrected chi connectivity index (χ1v) is 9.17. The van der Waals surface area contributed by atoms with Crippen LogP contribution in [0.5, 0.6) is 0 Å².